The fourth-order valence-electron chi connectivity index (χ4n) is 0.522. The predicted molar refractivity (Wildman–Crippen MR) is 47.0 cm³/mol. The third kappa shape index (κ3) is 5.36. The molecule has 3 N–H and O–H groups in total. The van der Waals surface area contributed by atoms with Crippen molar-refractivity contribution in [1.82, 2.24) is 4.98 Å². The number of halogens is 2. The summed E-state index contributed by atoms with van der Waals surface area (Å²) in [4.78, 5) is 3.83. The molecule has 6 heteroatoms. The number of nitrogen functional groups attached to an aromatic ring is 1. The van der Waals surface area contributed by atoms with Crippen LogP contribution in [0.5, 0.6) is 0 Å². The van der Waals surface area contributed by atoms with E-state index in [4.69, 9.17) is 31.5 Å². The first-order valence-corrected chi connectivity index (χ1v) is 5.52. The normalized spacial score (nSPS) is 8.50. The molecule has 0 saturated heterocycles. The first-order chi connectivity index (χ1) is 5.72. The van der Waals surface area contributed by atoms with Crippen LogP contribution >= 0.6 is 20.4 Å². The van der Waals surface area contributed by atoms with Crippen molar-refractivity contribution in [1.29, 1.82) is 5.41 Å². The molecule has 0 unspecified atom stereocenters. The third-order valence-electron chi connectivity index (χ3n) is 0.941. The number of nitrogens with zero attached hydrogens (tertiary/aromatic N) is 1. The molecule has 1 rings (SSSR count). The second-order valence-corrected chi connectivity index (χ2v) is 3.31. The van der Waals surface area contributed by atoms with Crippen molar-refractivity contribution in [3.05, 3.63) is 30.1 Å². The van der Waals surface area contributed by atoms with Gasteiger partial charge in [0.15, 0.2) is 0 Å². The standard InChI is InChI=1S/C6H7N3.2ClH.Ni/c7-6(8)5-3-1-2-4-9-5;;;/h1-4H,(H3,7,8);2*1H;/q;;;+2/p-2. The number of hydrogen-bond acceptors (Lipinski definition) is 2. The van der Waals surface area contributed by atoms with Crippen molar-refractivity contribution < 1.29 is 12.7 Å². The molecule has 0 aromatic carbocycles. The quantitative estimate of drug-likeness (QED) is 0.453. The monoisotopic (exact) mass is 249 g/mol. The number of nitrogens with one attached hydrogen (secondary N) is 1. The minimum absolute atomic E-state index is 0.00981. The molecule has 1 aromatic rings. The van der Waals surface area contributed by atoms with Gasteiger partial charge in [-0.15, -0.1) is 0 Å². The summed E-state index contributed by atoms with van der Waals surface area (Å²) >= 11 is 0.569. The van der Waals surface area contributed by atoms with Crippen LogP contribution in [0.2, 0.25) is 0 Å². The summed E-state index contributed by atoms with van der Waals surface area (Å²) in [6, 6.07) is 5.28. The van der Waals surface area contributed by atoms with E-state index in [-0.39, 0.29) is 5.84 Å². The van der Waals surface area contributed by atoms with E-state index in [1.165, 1.54) is 0 Å². The summed E-state index contributed by atoms with van der Waals surface area (Å²) < 4.78 is 0. The zero-order valence-corrected chi connectivity index (χ0v) is 8.41. The Bertz CT molecular complexity index is 229. The Kier molecular flexibility index (Phi) is 7.16. The molecule has 0 atom stereocenters. The van der Waals surface area contributed by atoms with Crippen molar-refractivity contribution >= 4 is 26.2 Å². The van der Waals surface area contributed by atoms with Crippen molar-refractivity contribution in [3.63, 3.8) is 0 Å². The molecule has 12 heavy (non-hydrogen) atoms. The molecular weight excluding hydrogens is 244 g/mol. The second kappa shape index (κ2) is 7.35. The van der Waals surface area contributed by atoms with E-state index >= 15 is 0 Å². The summed E-state index contributed by atoms with van der Waals surface area (Å²) in [7, 11) is 9.40. The number of nitrogens with two attached hydrogens (primary N) is 1. The fraction of sp³-hybridized carbons (Fsp3) is 0. The Hall–Kier alpha value is -0.306. The molecule has 0 aliphatic carbocycles. The van der Waals surface area contributed by atoms with Gasteiger partial charge < -0.3 is 5.73 Å². The Morgan fingerprint density at radius 3 is 2.33 bits per heavy atom. The van der Waals surface area contributed by atoms with Gasteiger partial charge in [0.2, 0.25) is 0 Å². The number of hydrogen-bond donors (Lipinski definition) is 2. The molecule has 0 radical (unpaired) electrons. The van der Waals surface area contributed by atoms with Crippen molar-refractivity contribution in [3.8, 4) is 0 Å². The predicted octanol–water partition coefficient (Wildman–Crippen LogP) is 1.74. The van der Waals surface area contributed by atoms with E-state index in [1.54, 1.807) is 24.4 Å². The van der Waals surface area contributed by atoms with Gasteiger partial charge in [0.1, 0.15) is 11.5 Å². The molecule has 0 bridgehead atoms. The Balaban J connectivity index is 0.000000354. The summed E-state index contributed by atoms with van der Waals surface area (Å²) in [5.74, 6) is 0.00981. The van der Waals surface area contributed by atoms with Crippen LogP contribution in [-0.2, 0) is 12.7 Å². The summed E-state index contributed by atoms with van der Waals surface area (Å²) in [6.45, 7) is 0. The Morgan fingerprint density at radius 2 is 2.08 bits per heavy atom. The minimum atomic E-state index is 0.00981. The van der Waals surface area contributed by atoms with E-state index in [1.807, 2.05) is 0 Å². The summed E-state index contributed by atoms with van der Waals surface area (Å²) in [5.41, 5.74) is 5.66. The fourth-order valence-corrected chi connectivity index (χ4v) is 0.522. The molecule has 0 aliphatic heterocycles. The summed E-state index contributed by atoms with van der Waals surface area (Å²) in [6.07, 6.45) is 1.61. The van der Waals surface area contributed by atoms with Gasteiger partial charge in [-0.05, 0) is 12.1 Å². The Labute approximate surface area is 85.1 Å². The van der Waals surface area contributed by atoms with E-state index in [0.29, 0.717) is 18.3 Å². The van der Waals surface area contributed by atoms with E-state index in [0.717, 1.165) is 0 Å². The van der Waals surface area contributed by atoms with Gasteiger partial charge in [0, 0.05) is 6.20 Å². The molecule has 3 nitrogen and oxygen atoms in total. The van der Waals surface area contributed by atoms with Gasteiger partial charge in [-0.2, -0.15) is 0 Å². The van der Waals surface area contributed by atoms with Gasteiger partial charge in [0.25, 0.3) is 0 Å². The van der Waals surface area contributed by atoms with Crippen LogP contribution in [-0.4, -0.2) is 10.8 Å². The molecule has 0 spiro atoms. The van der Waals surface area contributed by atoms with Crippen LogP contribution in [0.15, 0.2) is 24.4 Å². The van der Waals surface area contributed by atoms with Crippen LogP contribution in [0.1, 0.15) is 5.69 Å². The van der Waals surface area contributed by atoms with Crippen molar-refractivity contribution in [2.45, 2.75) is 0 Å². The first-order valence-electron chi connectivity index (χ1n) is 2.80. The number of pyridine rings is 1. The zero-order valence-electron chi connectivity index (χ0n) is 5.91. The van der Waals surface area contributed by atoms with E-state index in [2.05, 4.69) is 4.98 Å². The van der Waals surface area contributed by atoms with E-state index in [9.17, 15) is 0 Å². The van der Waals surface area contributed by atoms with Gasteiger partial charge in [-0.25, -0.2) is 0 Å². The summed E-state index contributed by atoms with van der Waals surface area (Å²) in [5, 5.41) is 6.95. The topological polar surface area (TPSA) is 62.8 Å². The molecule has 0 aliphatic rings. The van der Waals surface area contributed by atoms with E-state index < -0.39 is 0 Å². The van der Waals surface area contributed by atoms with Crippen LogP contribution in [0.4, 0.5) is 0 Å². The van der Waals surface area contributed by atoms with Crippen LogP contribution in [0, 0.1) is 5.41 Å². The number of aromatic nitrogens is 1. The Morgan fingerprint density at radius 1 is 1.50 bits per heavy atom. The number of amidine groups is 1. The second-order valence-electron chi connectivity index (χ2n) is 1.67. The maximum atomic E-state index is 6.95. The van der Waals surface area contributed by atoms with Gasteiger partial charge >= 0.3 is 33.0 Å². The molecule has 70 valence electrons. The van der Waals surface area contributed by atoms with Crippen LogP contribution in [0.3, 0.4) is 0 Å². The molecule has 1 heterocycles. The van der Waals surface area contributed by atoms with Gasteiger partial charge in [-0.3, -0.25) is 10.4 Å². The molecular formula is C6H7Cl2N3Ni. The average Bonchev–Trinajstić information content (AvgIpc) is 2.07. The van der Waals surface area contributed by atoms with Crippen LogP contribution < -0.4 is 5.73 Å². The van der Waals surface area contributed by atoms with Gasteiger partial charge in [0.05, 0.1) is 0 Å². The maximum absolute atomic E-state index is 6.95. The molecule has 1 aromatic heterocycles. The van der Waals surface area contributed by atoms with Crippen molar-refractivity contribution in [2.24, 2.45) is 5.73 Å². The van der Waals surface area contributed by atoms with Gasteiger partial charge in [-0.1, -0.05) is 6.07 Å². The molecule has 0 saturated carbocycles. The average molecular weight is 251 g/mol. The zero-order chi connectivity index (χ0) is 9.40. The van der Waals surface area contributed by atoms with Crippen LogP contribution in [0.25, 0.3) is 0 Å². The SMILES string of the molecule is N=C(N)c1ccccn1.[Cl][Ni][Cl]. The first kappa shape index (κ1) is 11.7. The number of rotatable bonds is 1. The molecule has 0 fully saturated rings. The third-order valence-corrected chi connectivity index (χ3v) is 0.941. The van der Waals surface area contributed by atoms with Crippen molar-refractivity contribution in [2.75, 3.05) is 0 Å². The molecule has 0 amide bonds.